The van der Waals surface area contributed by atoms with E-state index in [4.69, 9.17) is 23.2 Å². The number of carbonyl (C=O) groups excluding carboxylic acids is 1. The molecule has 3 aromatic rings. The SMILES string of the molecule is CN(Cc1ccncc1)C(=O)CNc1cc(C(=O)O)cc2cc(Cl)cc(Cl)c12. The fourth-order valence-corrected chi connectivity index (χ4v) is 3.46. The number of nitrogens with one attached hydrogen (secondary N) is 1. The number of aromatic carboxylic acids is 1. The van der Waals surface area contributed by atoms with Crippen LogP contribution in [0.1, 0.15) is 15.9 Å². The van der Waals surface area contributed by atoms with Crippen LogP contribution in [0, 0.1) is 0 Å². The summed E-state index contributed by atoms with van der Waals surface area (Å²) >= 11 is 12.3. The summed E-state index contributed by atoms with van der Waals surface area (Å²) in [7, 11) is 1.70. The zero-order valence-electron chi connectivity index (χ0n) is 14.9. The molecule has 1 aromatic heterocycles. The summed E-state index contributed by atoms with van der Waals surface area (Å²) in [6, 6.07) is 9.85. The van der Waals surface area contributed by atoms with Crippen molar-refractivity contribution < 1.29 is 14.7 Å². The standard InChI is InChI=1S/C20H17Cl2N3O3/c1-25(11-12-2-4-23-5-3-12)18(26)10-24-17-8-14(20(27)28)6-13-7-15(21)9-16(22)19(13)17/h2-9,24H,10-11H2,1H3,(H,27,28). The Bertz CT molecular complexity index is 1040. The maximum atomic E-state index is 12.5. The second-order valence-electron chi connectivity index (χ2n) is 6.27. The number of rotatable bonds is 6. The molecule has 8 heteroatoms. The van der Waals surface area contributed by atoms with Gasteiger partial charge in [-0.2, -0.15) is 0 Å². The van der Waals surface area contributed by atoms with Crippen LogP contribution in [-0.4, -0.2) is 40.5 Å². The Morgan fingerprint density at radius 3 is 2.54 bits per heavy atom. The summed E-state index contributed by atoms with van der Waals surface area (Å²) in [4.78, 5) is 29.5. The molecule has 6 nitrogen and oxygen atoms in total. The number of likely N-dealkylation sites (N-methyl/N-ethyl adjacent to an activating group) is 1. The number of nitrogens with zero attached hydrogens (tertiary/aromatic N) is 2. The van der Waals surface area contributed by atoms with Crippen LogP contribution in [0.4, 0.5) is 5.69 Å². The number of pyridine rings is 1. The molecule has 2 aromatic carbocycles. The maximum absolute atomic E-state index is 12.5. The Morgan fingerprint density at radius 2 is 1.86 bits per heavy atom. The fourth-order valence-electron chi connectivity index (χ4n) is 2.85. The van der Waals surface area contributed by atoms with Gasteiger partial charge in [-0.1, -0.05) is 23.2 Å². The van der Waals surface area contributed by atoms with E-state index in [0.29, 0.717) is 33.0 Å². The van der Waals surface area contributed by atoms with E-state index >= 15 is 0 Å². The zero-order valence-corrected chi connectivity index (χ0v) is 16.5. The largest absolute Gasteiger partial charge is 0.478 e. The minimum atomic E-state index is -1.08. The fraction of sp³-hybridized carbons (Fsp3) is 0.150. The molecule has 0 radical (unpaired) electrons. The summed E-state index contributed by atoms with van der Waals surface area (Å²) in [6.07, 6.45) is 3.34. The van der Waals surface area contributed by atoms with E-state index in [1.165, 1.54) is 12.1 Å². The van der Waals surface area contributed by atoms with Gasteiger partial charge in [-0.25, -0.2) is 4.79 Å². The molecule has 1 heterocycles. The maximum Gasteiger partial charge on any atom is 0.335 e. The first kappa shape index (κ1) is 19.9. The van der Waals surface area contributed by atoms with Crippen LogP contribution < -0.4 is 5.32 Å². The lowest BCUT2D eigenvalue weighted by molar-refractivity contribution is -0.128. The van der Waals surface area contributed by atoms with Crippen LogP contribution in [0.25, 0.3) is 10.8 Å². The molecule has 2 N–H and O–H groups in total. The molecule has 0 atom stereocenters. The third kappa shape index (κ3) is 4.52. The van der Waals surface area contributed by atoms with Crippen molar-refractivity contribution in [1.29, 1.82) is 0 Å². The van der Waals surface area contributed by atoms with E-state index in [1.807, 2.05) is 12.1 Å². The van der Waals surface area contributed by atoms with Gasteiger partial charge in [0.2, 0.25) is 5.91 Å². The number of carbonyl (C=O) groups is 2. The summed E-state index contributed by atoms with van der Waals surface area (Å²) in [6.45, 7) is 0.425. The molecule has 0 spiro atoms. The van der Waals surface area contributed by atoms with E-state index in [1.54, 1.807) is 36.5 Å². The van der Waals surface area contributed by atoms with Gasteiger partial charge in [0, 0.05) is 42.1 Å². The molecule has 0 aliphatic carbocycles. The molecule has 0 bridgehead atoms. The van der Waals surface area contributed by atoms with E-state index in [0.717, 1.165) is 5.56 Å². The number of carboxylic acid groups (broad SMARTS) is 1. The number of amides is 1. The summed E-state index contributed by atoms with van der Waals surface area (Å²) in [5.41, 5.74) is 1.50. The zero-order chi connectivity index (χ0) is 20.3. The van der Waals surface area contributed by atoms with Crippen molar-refractivity contribution in [1.82, 2.24) is 9.88 Å². The number of hydrogen-bond donors (Lipinski definition) is 2. The molecule has 0 aliphatic heterocycles. The first-order chi connectivity index (χ1) is 13.3. The molecule has 0 unspecified atom stereocenters. The highest BCUT2D eigenvalue weighted by atomic mass is 35.5. The number of hydrogen-bond acceptors (Lipinski definition) is 4. The molecule has 0 saturated carbocycles. The number of benzene rings is 2. The predicted octanol–water partition coefficient (Wildman–Crippen LogP) is 4.31. The van der Waals surface area contributed by atoms with Crippen molar-refractivity contribution in [3.8, 4) is 0 Å². The molecule has 0 saturated heterocycles. The van der Waals surface area contributed by atoms with Crippen molar-refractivity contribution in [3.63, 3.8) is 0 Å². The molecule has 0 fully saturated rings. The van der Waals surface area contributed by atoms with Gasteiger partial charge in [0.1, 0.15) is 0 Å². The van der Waals surface area contributed by atoms with Crippen molar-refractivity contribution in [3.05, 3.63) is 70.0 Å². The van der Waals surface area contributed by atoms with Crippen LogP contribution in [0.5, 0.6) is 0 Å². The molecule has 28 heavy (non-hydrogen) atoms. The first-order valence-corrected chi connectivity index (χ1v) is 9.13. The summed E-state index contributed by atoms with van der Waals surface area (Å²) in [5, 5.41) is 14.3. The molecule has 3 rings (SSSR count). The highest BCUT2D eigenvalue weighted by Gasteiger charge is 2.15. The van der Waals surface area contributed by atoms with E-state index < -0.39 is 5.97 Å². The monoisotopic (exact) mass is 417 g/mol. The van der Waals surface area contributed by atoms with Gasteiger partial charge in [0.15, 0.2) is 0 Å². The van der Waals surface area contributed by atoms with Crippen LogP contribution >= 0.6 is 23.2 Å². The molecular weight excluding hydrogens is 401 g/mol. The van der Waals surface area contributed by atoms with Gasteiger partial charge < -0.3 is 15.3 Å². The van der Waals surface area contributed by atoms with Crippen LogP contribution in [-0.2, 0) is 11.3 Å². The number of fused-ring (bicyclic) bond motifs is 1. The molecule has 1 amide bonds. The Morgan fingerprint density at radius 1 is 1.14 bits per heavy atom. The molecule has 144 valence electrons. The van der Waals surface area contributed by atoms with Gasteiger partial charge in [-0.3, -0.25) is 9.78 Å². The smallest absolute Gasteiger partial charge is 0.335 e. The minimum Gasteiger partial charge on any atom is -0.478 e. The molecular formula is C20H17Cl2N3O3. The van der Waals surface area contributed by atoms with Gasteiger partial charge in [-0.05, 0) is 47.3 Å². The first-order valence-electron chi connectivity index (χ1n) is 8.38. The van der Waals surface area contributed by atoms with E-state index in [9.17, 15) is 14.7 Å². The highest BCUT2D eigenvalue weighted by molar-refractivity contribution is 6.39. The lowest BCUT2D eigenvalue weighted by Gasteiger charge is -2.19. The lowest BCUT2D eigenvalue weighted by atomic mass is 10.0. The van der Waals surface area contributed by atoms with E-state index in [2.05, 4.69) is 10.3 Å². The Kier molecular flexibility index (Phi) is 6.02. The topological polar surface area (TPSA) is 82.5 Å². The van der Waals surface area contributed by atoms with Crippen molar-refractivity contribution in [2.75, 3.05) is 18.9 Å². The molecule has 0 aliphatic rings. The predicted molar refractivity (Wildman–Crippen MR) is 110 cm³/mol. The van der Waals surface area contributed by atoms with Crippen LogP contribution in [0.3, 0.4) is 0 Å². The van der Waals surface area contributed by atoms with Gasteiger partial charge in [-0.15, -0.1) is 0 Å². The van der Waals surface area contributed by atoms with Gasteiger partial charge in [0.25, 0.3) is 0 Å². The average molecular weight is 418 g/mol. The average Bonchev–Trinajstić information content (AvgIpc) is 2.65. The Balaban J connectivity index is 1.83. The summed E-state index contributed by atoms with van der Waals surface area (Å²) in [5.74, 6) is -1.24. The van der Waals surface area contributed by atoms with E-state index in [-0.39, 0.29) is 18.0 Å². The third-order valence-electron chi connectivity index (χ3n) is 4.24. The number of halogens is 2. The number of carboxylic acids is 1. The quantitative estimate of drug-likeness (QED) is 0.624. The minimum absolute atomic E-state index is 0.0152. The second-order valence-corrected chi connectivity index (χ2v) is 7.12. The Labute approximate surface area is 171 Å². The second kappa shape index (κ2) is 8.46. The number of aromatic nitrogens is 1. The van der Waals surface area contributed by atoms with Crippen LogP contribution in [0.2, 0.25) is 10.0 Å². The Hall–Kier alpha value is -2.83. The third-order valence-corrected chi connectivity index (χ3v) is 4.75. The van der Waals surface area contributed by atoms with Crippen molar-refractivity contribution in [2.24, 2.45) is 0 Å². The van der Waals surface area contributed by atoms with Gasteiger partial charge in [0.05, 0.1) is 17.1 Å². The number of anilines is 1. The van der Waals surface area contributed by atoms with Gasteiger partial charge >= 0.3 is 5.97 Å². The van der Waals surface area contributed by atoms with Crippen LogP contribution in [0.15, 0.2) is 48.8 Å². The van der Waals surface area contributed by atoms with Crippen molar-refractivity contribution >= 4 is 51.5 Å². The lowest BCUT2D eigenvalue weighted by Crippen LogP contribution is -2.31. The highest BCUT2D eigenvalue weighted by Crippen LogP contribution is 2.34. The summed E-state index contributed by atoms with van der Waals surface area (Å²) < 4.78 is 0. The normalized spacial score (nSPS) is 10.7. The van der Waals surface area contributed by atoms with Crippen molar-refractivity contribution in [2.45, 2.75) is 6.54 Å².